The molecule has 0 radical (unpaired) electrons. The van der Waals surface area contributed by atoms with E-state index in [1.54, 1.807) is 7.11 Å². The monoisotopic (exact) mass is 491 g/mol. The smallest absolute Gasteiger partial charge is 0.234 e. The molecule has 0 bridgehead atoms. The van der Waals surface area contributed by atoms with E-state index in [9.17, 15) is 9.18 Å². The van der Waals surface area contributed by atoms with Crippen LogP contribution in [0.25, 0.3) is 5.69 Å². The molecule has 4 aromatic rings. The van der Waals surface area contributed by atoms with E-state index in [4.69, 9.17) is 4.74 Å². The Balaban J connectivity index is 1.57. The molecule has 0 fully saturated rings. The van der Waals surface area contributed by atoms with Crippen LogP contribution in [0.3, 0.4) is 0 Å². The molecule has 1 amide bonds. The minimum absolute atomic E-state index is 0.106. The zero-order valence-electron chi connectivity index (χ0n) is 19.7. The Kier molecular flexibility index (Phi) is 7.67. The summed E-state index contributed by atoms with van der Waals surface area (Å²) in [7, 11) is 1.61. The lowest BCUT2D eigenvalue weighted by atomic mass is 10.1. The fourth-order valence-corrected chi connectivity index (χ4v) is 4.45. The average molecular weight is 492 g/mol. The third kappa shape index (κ3) is 5.81. The number of carbonyl (C=O) groups is 1. The molecule has 3 aromatic carbocycles. The second-order valence-electron chi connectivity index (χ2n) is 7.87. The van der Waals surface area contributed by atoms with Crippen LogP contribution in [-0.4, -0.2) is 33.5 Å². The van der Waals surface area contributed by atoms with E-state index in [2.05, 4.69) is 46.8 Å². The van der Waals surface area contributed by atoms with Crippen molar-refractivity contribution in [2.75, 3.05) is 23.5 Å². The number of para-hydroxylation sites is 3. The highest BCUT2D eigenvalue weighted by Gasteiger charge is 2.19. The molecule has 0 aliphatic rings. The Morgan fingerprint density at radius 1 is 1.00 bits per heavy atom. The van der Waals surface area contributed by atoms with Crippen molar-refractivity contribution >= 4 is 29.0 Å². The molecule has 4 rings (SSSR count). The third-order valence-corrected chi connectivity index (χ3v) is 6.32. The first-order valence-electron chi connectivity index (χ1n) is 11.0. The number of anilines is 2. The van der Waals surface area contributed by atoms with Gasteiger partial charge in [0.2, 0.25) is 5.91 Å². The summed E-state index contributed by atoms with van der Waals surface area (Å²) in [6.07, 6.45) is 0. The Hall–Kier alpha value is -3.85. The number of benzene rings is 3. The maximum absolute atomic E-state index is 13.1. The number of rotatable bonds is 9. The highest BCUT2D eigenvalue weighted by Crippen LogP contribution is 2.29. The molecular formula is C26H26FN5O2S. The number of hydrogen-bond donors (Lipinski definition) is 2. The van der Waals surface area contributed by atoms with Gasteiger partial charge in [-0.2, -0.15) is 0 Å². The summed E-state index contributed by atoms with van der Waals surface area (Å²) in [6, 6.07) is 19.4. The molecule has 1 aromatic heterocycles. The molecule has 0 unspecified atom stereocenters. The molecule has 0 spiro atoms. The van der Waals surface area contributed by atoms with Crippen LogP contribution in [0, 0.1) is 19.7 Å². The van der Waals surface area contributed by atoms with Crippen molar-refractivity contribution in [2.24, 2.45) is 0 Å². The molecule has 0 saturated heterocycles. The quantitative estimate of drug-likeness (QED) is 0.306. The summed E-state index contributed by atoms with van der Waals surface area (Å²) < 4.78 is 20.6. The van der Waals surface area contributed by atoms with Crippen LogP contribution in [0.2, 0.25) is 0 Å². The molecule has 0 saturated carbocycles. The van der Waals surface area contributed by atoms with Crippen LogP contribution in [0.15, 0.2) is 71.9 Å². The SMILES string of the molecule is COc1ccccc1-n1c(CNc2c(C)cccc2C)nnc1SCC(=O)Nc1ccc(F)cc1. The summed E-state index contributed by atoms with van der Waals surface area (Å²) in [6.45, 7) is 4.54. The number of nitrogens with one attached hydrogen (secondary N) is 2. The highest BCUT2D eigenvalue weighted by atomic mass is 32.2. The van der Waals surface area contributed by atoms with Crippen LogP contribution in [-0.2, 0) is 11.3 Å². The number of amides is 1. The number of aryl methyl sites for hydroxylation is 2. The average Bonchev–Trinajstić information content (AvgIpc) is 3.26. The zero-order valence-corrected chi connectivity index (χ0v) is 20.5. The van der Waals surface area contributed by atoms with Gasteiger partial charge in [-0.3, -0.25) is 9.36 Å². The third-order valence-electron chi connectivity index (χ3n) is 5.39. The van der Waals surface area contributed by atoms with Gasteiger partial charge in [-0.15, -0.1) is 10.2 Å². The minimum Gasteiger partial charge on any atom is -0.495 e. The molecule has 2 N–H and O–H groups in total. The van der Waals surface area contributed by atoms with Crippen molar-refractivity contribution in [3.8, 4) is 11.4 Å². The van der Waals surface area contributed by atoms with E-state index >= 15 is 0 Å². The normalized spacial score (nSPS) is 10.7. The summed E-state index contributed by atoms with van der Waals surface area (Å²) in [5, 5.41) is 15.6. The largest absolute Gasteiger partial charge is 0.495 e. The fourth-order valence-electron chi connectivity index (χ4n) is 3.69. The van der Waals surface area contributed by atoms with Crippen LogP contribution < -0.4 is 15.4 Å². The minimum atomic E-state index is -0.357. The lowest BCUT2D eigenvalue weighted by Gasteiger charge is -2.16. The second kappa shape index (κ2) is 11.1. The number of thioether (sulfide) groups is 1. The van der Waals surface area contributed by atoms with Crippen molar-refractivity contribution in [3.05, 3.63) is 89.5 Å². The first-order chi connectivity index (χ1) is 17.0. The molecule has 9 heteroatoms. The lowest BCUT2D eigenvalue weighted by molar-refractivity contribution is -0.113. The molecule has 35 heavy (non-hydrogen) atoms. The molecule has 180 valence electrons. The van der Waals surface area contributed by atoms with Gasteiger partial charge in [-0.05, 0) is 61.4 Å². The molecule has 0 aliphatic heterocycles. The summed E-state index contributed by atoms with van der Waals surface area (Å²) >= 11 is 1.26. The summed E-state index contributed by atoms with van der Waals surface area (Å²) in [5.74, 6) is 0.863. The standard InChI is InChI=1S/C26H26FN5O2S/c1-17-7-6-8-18(2)25(17)28-15-23-30-31-26(32(23)21-9-4-5-10-22(21)34-3)35-16-24(33)29-20-13-11-19(27)12-14-20/h4-14,28H,15-16H2,1-3H3,(H,29,33). The number of ether oxygens (including phenoxy) is 1. The van der Waals surface area contributed by atoms with Gasteiger partial charge in [0.1, 0.15) is 11.6 Å². The van der Waals surface area contributed by atoms with E-state index < -0.39 is 0 Å². The number of aromatic nitrogens is 3. The Morgan fingerprint density at radius 3 is 2.43 bits per heavy atom. The molecule has 0 atom stereocenters. The van der Waals surface area contributed by atoms with E-state index in [-0.39, 0.29) is 17.5 Å². The molecule has 7 nitrogen and oxygen atoms in total. The van der Waals surface area contributed by atoms with Crippen molar-refractivity contribution in [1.82, 2.24) is 14.8 Å². The van der Waals surface area contributed by atoms with E-state index in [0.29, 0.717) is 29.0 Å². The van der Waals surface area contributed by atoms with Gasteiger partial charge in [-0.25, -0.2) is 4.39 Å². The Bertz CT molecular complexity index is 1300. The van der Waals surface area contributed by atoms with E-state index in [1.165, 1.54) is 36.0 Å². The second-order valence-corrected chi connectivity index (χ2v) is 8.81. The summed E-state index contributed by atoms with van der Waals surface area (Å²) in [5.41, 5.74) is 4.64. The van der Waals surface area contributed by atoms with E-state index in [1.807, 2.05) is 34.9 Å². The fraction of sp³-hybridized carbons (Fsp3) is 0.192. The summed E-state index contributed by atoms with van der Waals surface area (Å²) in [4.78, 5) is 12.5. The van der Waals surface area contributed by atoms with Crippen molar-refractivity contribution < 1.29 is 13.9 Å². The van der Waals surface area contributed by atoms with Gasteiger partial charge in [0.05, 0.1) is 25.1 Å². The molecule has 1 heterocycles. The number of hydrogen-bond acceptors (Lipinski definition) is 6. The van der Waals surface area contributed by atoms with Gasteiger partial charge in [-0.1, -0.05) is 42.1 Å². The predicted molar refractivity (Wildman–Crippen MR) is 137 cm³/mol. The predicted octanol–water partition coefficient (Wildman–Crippen LogP) is 5.37. The number of halogens is 1. The van der Waals surface area contributed by atoms with E-state index in [0.717, 1.165) is 22.5 Å². The van der Waals surface area contributed by atoms with Crippen molar-refractivity contribution in [1.29, 1.82) is 0 Å². The van der Waals surface area contributed by atoms with Crippen LogP contribution in [0.4, 0.5) is 15.8 Å². The Morgan fingerprint density at radius 2 is 1.71 bits per heavy atom. The van der Waals surface area contributed by atoms with Gasteiger partial charge in [0, 0.05) is 11.4 Å². The zero-order chi connectivity index (χ0) is 24.8. The van der Waals surface area contributed by atoms with Crippen LogP contribution in [0.1, 0.15) is 17.0 Å². The number of nitrogens with zero attached hydrogens (tertiary/aromatic N) is 3. The number of carbonyl (C=O) groups excluding carboxylic acids is 1. The number of methoxy groups -OCH3 is 1. The van der Waals surface area contributed by atoms with Crippen molar-refractivity contribution in [2.45, 2.75) is 25.5 Å². The maximum Gasteiger partial charge on any atom is 0.234 e. The molecular weight excluding hydrogens is 465 g/mol. The van der Waals surface area contributed by atoms with Gasteiger partial charge in [0.15, 0.2) is 11.0 Å². The lowest BCUT2D eigenvalue weighted by Crippen LogP contribution is -2.15. The van der Waals surface area contributed by atoms with Gasteiger partial charge in [0.25, 0.3) is 0 Å². The van der Waals surface area contributed by atoms with Gasteiger partial charge < -0.3 is 15.4 Å². The first kappa shape index (κ1) is 24.3. The topological polar surface area (TPSA) is 81.1 Å². The van der Waals surface area contributed by atoms with Gasteiger partial charge >= 0.3 is 0 Å². The highest BCUT2D eigenvalue weighted by molar-refractivity contribution is 7.99. The van der Waals surface area contributed by atoms with Crippen LogP contribution >= 0.6 is 11.8 Å². The first-order valence-corrected chi connectivity index (χ1v) is 12.0. The van der Waals surface area contributed by atoms with Crippen molar-refractivity contribution in [3.63, 3.8) is 0 Å². The maximum atomic E-state index is 13.1. The van der Waals surface area contributed by atoms with Crippen LogP contribution in [0.5, 0.6) is 5.75 Å². The Labute approximate surface area is 207 Å². The molecule has 0 aliphatic carbocycles.